The van der Waals surface area contributed by atoms with Crippen molar-refractivity contribution in [3.8, 4) is 0 Å². The standard InChI is InChI=1S/C21H25N7O2/c1-15(29)23-18-12-22-25-20(18)17-8-5-10-27(14-17)21(30)24-19-9-11-28(26-19)13-16-6-3-2-4-7-16/h2-4,6-7,9,11-12,17H,5,8,10,13-14H2,1H3,(H,22,25)(H,23,29)(H,24,26,30). The van der Waals surface area contributed by atoms with Gasteiger partial charge in [-0.3, -0.25) is 19.9 Å². The van der Waals surface area contributed by atoms with Crippen molar-refractivity contribution in [2.45, 2.75) is 32.2 Å². The van der Waals surface area contributed by atoms with Crippen molar-refractivity contribution in [3.05, 3.63) is 60.0 Å². The molecule has 3 N–H and O–H groups in total. The summed E-state index contributed by atoms with van der Waals surface area (Å²) in [5.41, 5.74) is 2.68. The SMILES string of the molecule is CC(=O)Nc1cn[nH]c1C1CCCN(C(=O)Nc2ccn(Cc3ccccc3)n2)C1. The van der Waals surface area contributed by atoms with E-state index in [9.17, 15) is 9.59 Å². The van der Waals surface area contributed by atoms with Crippen molar-refractivity contribution in [2.24, 2.45) is 0 Å². The molecule has 2 aromatic heterocycles. The molecule has 30 heavy (non-hydrogen) atoms. The summed E-state index contributed by atoms with van der Waals surface area (Å²) in [4.78, 5) is 26.0. The van der Waals surface area contributed by atoms with Crippen LogP contribution in [-0.4, -0.2) is 49.9 Å². The fourth-order valence-corrected chi connectivity index (χ4v) is 3.77. The third-order valence-corrected chi connectivity index (χ3v) is 5.16. The molecule has 3 amide bonds. The minimum absolute atomic E-state index is 0.0875. The number of nitrogens with zero attached hydrogens (tertiary/aromatic N) is 4. The molecule has 1 atom stereocenters. The summed E-state index contributed by atoms with van der Waals surface area (Å²) in [6.45, 7) is 3.34. The highest BCUT2D eigenvalue weighted by molar-refractivity contribution is 5.89. The van der Waals surface area contributed by atoms with Gasteiger partial charge in [0, 0.05) is 38.2 Å². The minimum atomic E-state index is -0.176. The van der Waals surface area contributed by atoms with Gasteiger partial charge in [-0.05, 0) is 18.4 Å². The van der Waals surface area contributed by atoms with Crippen LogP contribution in [-0.2, 0) is 11.3 Å². The van der Waals surface area contributed by atoms with Crippen LogP contribution >= 0.6 is 0 Å². The van der Waals surface area contributed by atoms with Gasteiger partial charge in [-0.1, -0.05) is 30.3 Å². The number of hydrogen-bond acceptors (Lipinski definition) is 4. The van der Waals surface area contributed by atoms with E-state index in [1.807, 2.05) is 36.5 Å². The lowest BCUT2D eigenvalue weighted by Crippen LogP contribution is -2.42. The zero-order valence-corrected chi connectivity index (χ0v) is 16.8. The molecule has 1 aliphatic rings. The second kappa shape index (κ2) is 8.81. The van der Waals surface area contributed by atoms with E-state index >= 15 is 0 Å². The van der Waals surface area contributed by atoms with Crippen molar-refractivity contribution in [1.29, 1.82) is 0 Å². The Kier molecular flexibility index (Phi) is 5.78. The number of nitrogens with one attached hydrogen (secondary N) is 3. The molecule has 1 unspecified atom stereocenters. The van der Waals surface area contributed by atoms with E-state index in [0.29, 0.717) is 31.1 Å². The Hall–Kier alpha value is -3.62. The Morgan fingerprint density at radius 2 is 2.03 bits per heavy atom. The molecule has 0 saturated carbocycles. The molecule has 1 aromatic carbocycles. The van der Waals surface area contributed by atoms with Crippen LogP contribution in [0.1, 0.15) is 36.9 Å². The van der Waals surface area contributed by atoms with Crippen LogP contribution in [0.25, 0.3) is 0 Å². The summed E-state index contributed by atoms with van der Waals surface area (Å²) >= 11 is 0. The average Bonchev–Trinajstić information content (AvgIpc) is 3.38. The van der Waals surface area contributed by atoms with E-state index in [4.69, 9.17) is 0 Å². The van der Waals surface area contributed by atoms with Crippen molar-refractivity contribution in [2.75, 3.05) is 23.7 Å². The number of urea groups is 1. The van der Waals surface area contributed by atoms with Gasteiger partial charge in [-0.15, -0.1) is 0 Å². The maximum absolute atomic E-state index is 12.8. The number of hydrogen-bond donors (Lipinski definition) is 3. The minimum Gasteiger partial charge on any atom is -0.324 e. The van der Waals surface area contributed by atoms with E-state index in [1.165, 1.54) is 6.92 Å². The second-order valence-corrected chi connectivity index (χ2v) is 7.48. The van der Waals surface area contributed by atoms with Crippen LogP contribution < -0.4 is 10.6 Å². The highest BCUT2D eigenvalue weighted by Gasteiger charge is 2.28. The zero-order valence-electron chi connectivity index (χ0n) is 16.8. The molecule has 0 radical (unpaired) electrons. The Labute approximate surface area is 174 Å². The smallest absolute Gasteiger partial charge is 0.323 e. The fourth-order valence-electron chi connectivity index (χ4n) is 3.77. The molecule has 9 nitrogen and oxygen atoms in total. The number of carbonyl (C=O) groups is 2. The zero-order chi connectivity index (χ0) is 20.9. The van der Waals surface area contributed by atoms with Crippen molar-refractivity contribution in [1.82, 2.24) is 24.9 Å². The lowest BCUT2D eigenvalue weighted by Gasteiger charge is -2.32. The highest BCUT2D eigenvalue weighted by Crippen LogP contribution is 2.30. The predicted octanol–water partition coefficient (Wildman–Crippen LogP) is 3.02. The first kappa shape index (κ1) is 19.7. The van der Waals surface area contributed by atoms with E-state index in [1.54, 1.807) is 21.8 Å². The van der Waals surface area contributed by atoms with Gasteiger partial charge in [0.25, 0.3) is 0 Å². The van der Waals surface area contributed by atoms with Crippen molar-refractivity contribution < 1.29 is 9.59 Å². The molecule has 0 spiro atoms. The number of aromatic amines is 1. The monoisotopic (exact) mass is 407 g/mol. The van der Waals surface area contributed by atoms with Gasteiger partial charge in [0.15, 0.2) is 5.82 Å². The fraction of sp³-hybridized carbons (Fsp3) is 0.333. The van der Waals surface area contributed by atoms with E-state index in [-0.39, 0.29) is 17.9 Å². The largest absolute Gasteiger partial charge is 0.324 e. The van der Waals surface area contributed by atoms with Crippen LogP contribution in [0.2, 0.25) is 0 Å². The maximum atomic E-state index is 12.8. The molecular formula is C21H25N7O2. The molecule has 1 saturated heterocycles. The number of carbonyl (C=O) groups excluding carboxylic acids is 2. The van der Waals surface area contributed by atoms with E-state index < -0.39 is 0 Å². The summed E-state index contributed by atoms with van der Waals surface area (Å²) < 4.78 is 1.80. The summed E-state index contributed by atoms with van der Waals surface area (Å²) in [5, 5.41) is 17.2. The molecular weight excluding hydrogens is 382 g/mol. The molecule has 3 aromatic rings. The Balaban J connectivity index is 1.37. The lowest BCUT2D eigenvalue weighted by atomic mass is 9.94. The van der Waals surface area contributed by atoms with E-state index in [2.05, 4.69) is 25.9 Å². The quantitative estimate of drug-likeness (QED) is 0.604. The molecule has 1 fully saturated rings. The lowest BCUT2D eigenvalue weighted by molar-refractivity contribution is -0.114. The number of amides is 3. The third-order valence-electron chi connectivity index (χ3n) is 5.16. The van der Waals surface area contributed by atoms with Crippen molar-refractivity contribution in [3.63, 3.8) is 0 Å². The van der Waals surface area contributed by atoms with Crippen LogP contribution in [0.4, 0.5) is 16.3 Å². The average molecular weight is 407 g/mol. The summed E-state index contributed by atoms with van der Waals surface area (Å²) in [5.74, 6) is 0.470. The van der Waals surface area contributed by atoms with Gasteiger partial charge >= 0.3 is 6.03 Å². The summed E-state index contributed by atoms with van der Waals surface area (Å²) in [6.07, 6.45) is 5.25. The molecule has 3 heterocycles. The van der Waals surface area contributed by atoms with Crippen molar-refractivity contribution >= 4 is 23.4 Å². The first-order valence-corrected chi connectivity index (χ1v) is 10.0. The topological polar surface area (TPSA) is 108 Å². The molecule has 156 valence electrons. The molecule has 0 bridgehead atoms. The maximum Gasteiger partial charge on any atom is 0.323 e. The Bertz CT molecular complexity index is 1010. The first-order valence-electron chi connectivity index (χ1n) is 10.0. The summed E-state index contributed by atoms with van der Waals surface area (Å²) in [6, 6.07) is 11.7. The Morgan fingerprint density at radius 3 is 2.83 bits per heavy atom. The van der Waals surface area contributed by atoms with Gasteiger partial charge < -0.3 is 10.2 Å². The molecule has 4 rings (SSSR count). The first-order chi connectivity index (χ1) is 14.6. The van der Waals surface area contributed by atoms with E-state index in [0.717, 1.165) is 24.1 Å². The number of piperidine rings is 1. The van der Waals surface area contributed by atoms with Crippen LogP contribution in [0.15, 0.2) is 48.8 Å². The predicted molar refractivity (Wildman–Crippen MR) is 113 cm³/mol. The van der Waals surface area contributed by atoms with Gasteiger partial charge in [0.2, 0.25) is 5.91 Å². The summed E-state index contributed by atoms with van der Waals surface area (Å²) in [7, 11) is 0. The van der Waals surface area contributed by atoms with Crippen LogP contribution in [0.5, 0.6) is 0 Å². The molecule has 9 heteroatoms. The molecule has 1 aliphatic heterocycles. The van der Waals surface area contributed by atoms with Crippen LogP contribution in [0, 0.1) is 0 Å². The highest BCUT2D eigenvalue weighted by atomic mass is 16.2. The third kappa shape index (κ3) is 4.68. The number of likely N-dealkylation sites (tertiary alicyclic amines) is 1. The number of aromatic nitrogens is 4. The Morgan fingerprint density at radius 1 is 1.20 bits per heavy atom. The van der Waals surface area contributed by atoms with Gasteiger partial charge in [-0.25, -0.2) is 4.79 Å². The normalized spacial score (nSPS) is 16.3. The van der Waals surface area contributed by atoms with Gasteiger partial charge in [0.1, 0.15) is 0 Å². The van der Waals surface area contributed by atoms with Gasteiger partial charge in [-0.2, -0.15) is 10.2 Å². The number of H-pyrrole nitrogens is 1. The number of anilines is 2. The molecule has 0 aliphatic carbocycles. The second-order valence-electron chi connectivity index (χ2n) is 7.48. The number of rotatable bonds is 5. The van der Waals surface area contributed by atoms with Gasteiger partial charge in [0.05, 0.1) is 24.1 Å². The van der Waals surface area contributed by atoms with Crippen LogP contribution in [0.3, 0.4) is 0 Å². The number of benzene rings is 1.